The third kappa shape index (κ3) is 6.13. The number of rotatable bonds is 10. The maximum Gasteiger partial charge on any atom is 0.306 e. The zero-order valence-corrected chi connectivity index (χ0v) is 24.1. The average Bonchev–Trinajstić information content (AvgIpc) is 2.97. The summed E-state index contributed by atoms with van der Waals surface area (Å²) in [6.07, 6.45) is 0.824. The van der Waals surface area contributed by atoms with Crippen LogP contribution in [0.1, 0.15) is 54.4 Å². The van der Waals surface area contributed by atoms with E-state index < -0.39 is 23.1 Å². The molecule has 0 spiro atoms. The van der Waals surface area contributed by atoms with Gasteiger partial charge in [0.1, 0.15) is 12.4 Å². The molecule has 0 saturated carbocycles. The highest BCUT2D eigenvalue weighted by molar-refractivity contribution is 5.71. The Bertz CT molecular complexity index is 1610. The van der Waals surface area contributed by atoms with Gasteiger partial charge in [-0.05, 0) is 48.6 Å². The van der Waals surface area contributed by atoms with Crippen molar-refractivity contribution in [3.05, 3.63) is 98.0 Å². The van der Waals surface area contributed by atoms with E-state index in [4.69, 9.17) is 18.6 Å². The van der Waals surface area contributed by atoms with E-state index in [2.05, 4.69) is 11.5 Å². The summed E-state index contributed by atoms with van der Waals surface area (Å²) in [5.74, 6) is -0.167. The van der Waals surface area contributed by atoms with Crippen LogP contribution < -0.4 is 20.5 Å². The molecular weight excluding hydrogens is 540 g/mol. The second kappa shape index (κ2) is 12.3. The summed E-state index contributed by atoms with van der Waals surface area (Å²) in [7, 11) is 2.78. The van der Waals surface area contributed by atoms with Gasteiger partial charge in [0.05, 0.1) is 33.1 Å². The van der Waals surface area contributed by atoms with Gasteiger partial charge >= 0.3 is 5.97 Å². The number of carbonyl (C=O) groups excluding carboxylic acids is 1. The smallest absolute Gasteiger partial charge is 0.306 e. The number of likely N-dealkylation sites (tertiary alicyclic amines) is 1. The first-order valence-electron chi connectivity index (χ1n) is 14.0. The molecule has 5 rings (SSSR count). The van der Waals surface area contributed by atoms with E-state index in [0.717, 1.165) is 24.2 Å². The summed E-state index contributed by atoms with van der Waals surface area (Å²) in [5.41, 5.74) is 1.87. The number of methoxy groups -OCH3 is 2. The summed E-state index contributed by atoms with van der Waals surface area (Å²) in [5, 5.41) is 10.9. The maximum atomic E-state index is 13.0. The monoisotopic (exact) mass is 576 g/mol. The number of aromatic nitrogens is 1. The van der Waals surface area contributed by atoms with E-state index in [1.165, 1.54) is 20.3 Å². The summed E-state index contributed by atoms with van der Waals surface area (Å²) in [6, 6.07) is 11.8. The van der Waals surface area contributed by atoms with Crippen LogP contribution in [0.4, 0.5) is 0 Å². The molecule has 2 aliphatic heterocycles. The van der Waals surface area contributed by atoms with Crippen molar-refractivity contribution in [2.24, 2.45) is 5.92 Å². The number of nitrogens with zero attached hydrogens (tertiary/aromatic N) is 2. The van der Waals surface area contributed by atoms with E-state index in [9.17, 15) is 19.5 Å². The first kappa shape index (κ1) is 29.2. The van der Waals surface area contributed by atoms with Gasteiger partial charge in [-0.15, -0.1) is 0 Å². The number of pyridine rings is 1. The van der Waals surface area contributed by atoms with Crippen LogP contribution in [-0.4, -0.2) is 54.5 Å². The minimum Gasteiger partial charge on any atom is -0.502 e. The average molecular weight is 577 g/mol. The summed E-state index contributed by atoms with van der Waals surface area (Å²) in [4.78, 5) is 40.1. The van der Waals surface area contributed by atoms with Gasteiger partial charge < -0.3 is 28.3 Å². The summed E-state index contributed by atoms with van der Waals surface area (Å²) < 4.78 is 24.3. The first-order chi connectivity index (χ1) is 20.2. The Labute approximate surface area is 243 Å². The van der Waals surface area contributed by atoms with Crippen LogP contribution in [0.5, 0.6) is 17.2 Å². The lowest BCUT2D eigenvalue weighted by Crippen LogP contribution is -2.46. The van der Waals surface area contributed by atoms with Crippen LogP contribution in [0.25, 0.3) is 0 Å². The van der Waals surface area contributed by atoms with Gasteiger partial charge in [0.2, 0.25) is 11.2 Å². The van der Waals surface area contributed by atoms with Crippen molar-refractivity contribution in [3.8, 4) is 17.2 Å². The molecule has 10 nitrogen and oxygen atoms in total. The minimum atomic E-state index is -0.825. The van der Waals surface area contributed by atoms with Crippen molar-refractivity contribution in [2.45, 2.75) is 44.7 Å². The number of fused-ring (bicyclic) bond motifs is 4. The SMILES string of the molecule is C=C(C)COc1ccc([C@@H](CC(=O)OC)c2oc(CN3C[C@H]4C[C@@H](C3)c3cccc(=O)n3C4)cc(=O)c2O)cc1OC. The lowest BCUT2D eigenvalue weighted by molar-refractivity contribution is -0.140. The van der Waals surface area contributed by atoms with Crippen molar-refractivity contribution < 1.29 is 28.5 Å². The molecule has 1 aromatic carbocycles. The lowest BCUT2D eigenvalue weighted by atomic mass is 9.83. The highest BCUT2D eigenvalue weighted by Crippen LogP contribution is 2.39. The largest absolute Gasteiger partial charge is 0.502 e. The number of esters is 1. The molecule has 2 aromatic heterocycles. The van der Waals surface area contributed by atoms with Crippen LogP contribution in [0.3, 0.4) is 0 Å². The fraction of sp³-hybridized carbons (Fsp3) is 0.406. The molecule has 3 atom stereocenters. The number of aromatic hydroxyl groups is 1. The van der Waals surface area contributed by atoms with Gasteiger partial charge in [0, 0.05) is 43.4 Å². The predicted molar refractivity (Wildman–Crippen MR) is 155 cm³/mol. The molecule has 0 amide bonds. The Morgan fingerprint density at radius 2 is 1.93 bits per heavy atom. The van der Waals surface area contributed by atoms with Crippen molar-refractivity contribution in [1.29, 1.82) is 0 Å². The Morgan fingerprint density at radius 1 is 1.12 bits per heavy atom. The third-order valence-corrected chi connectivity index (χ3v) is 7.91. The van der Waals surface area contributed by atoms with Crippen molar-refractivity contribution in [1.82, 2.24) is 9.47 Å². The van der Waals surface area contributed by atoms with Crippen molar-refractivity contribution >= 4 is 5.97 Å². The molecule has 42 heavy (non-hydrogen) atoms. The summed E-state index contributed by atoms with van der Waals surface area (Å²) in [6.45, 7) is 8.44. The zero-order valence-electron chi connectivity index (χ0n) is 24.1. The van der Waals surface area contributed by atoms with Crippen LogP contribution >= 0.6 is 0 Å². The predicted octanol–water partition coefficient (Wildman–Crippen LogP) is 3.78. The lowest BCUT2D eigenvalue weighted by Gasteiger charge is -2.42. The van der Waals surface area contributed by atoms with Gasteiger partial charge in [0.25, 0.3) is 5.56 Å². The number of hydrogen-bond donors (Lipinski definition) is 1. The van der Waals surface area contributed by atoms with Gasteiger partial charge in [-0.2, -0.15) is 0 Å². The molecule has 0 radical (unpaired) electrons. The molecule has 1 saturated heterocycles. The molecule has 2 aliphatic rings. The minimum absolute atomic E-state index is 0.0188. The second-order valence-electron chi connectivity index (χ2n) is 11.2. The summed E-state index contributed by atoms with van der Waals surface area (Å²) >= 11 is 0. The standard InChI is InChI=1S/C32H36N2O8/c1-19(2)18-41-27-9-8-21(11-28(27)39-3)24(13-30(37)40-4)32-31(38)26(35)12-23(42-32)17-33-14-20-10-22(16-33)25-6-5-7-29(36)34(25)15-20/h5-9,11-12,20,22,24,38H,1,10,13-18H2,2-4H3/t20-,22+,24-/m1/s1. The number of piperidine rings is 1. The van der Waals surface area contributed by atoms with Crippen molar-refractivity contribution in [2.75, 3.05) is 33.9 Å². The Hall–Kier alpha value is -4.31. The number of carbonyl (C=O) groups is 1. The van der Waals surface area contributed by atoms with Gasteiger partial charge in [0.15, 0.2) is 17.3 Å². The quantitative estimate of drug-likeness (QED) is 0.284. The normalized spacial score (nSPS) is 18.5. The van der Waals surface area contributed by atoms with E-state index in [1.54, 1.807) is 30.3 Å². The maximum absolute atomic E-state index is 13.0. The fourth-order valence-corrected chi connectivity index (χ4v) is 6.05. The Balaban J connectivity index is 1.45. The molecule has 0 aliphatic carbocycles. The fourth-order valence-electron chi connectivity index (χ4n) is 6.05. The third-order valence-electron chi connectivity index (χ3n) is 7.91. The molecule has 4 heterocycles. The molecule has 2 bridgehead atoms. The topological polar surface area (TPSA) is 120 Å². The molecule has 222 valence electrons. The van der Waals surface area contributed by atoms with Gasteiger partial charge in [-0.1, -0.05) is 18.7 Å². The van der Waals surface area contributed by atoms with Crippen LogP contribution in [0.15, 0.2) is 68.6 Å². The Kier molecular flexibility index (Phi) is 8.54. The molecular formula is C32H36N2O8. The van der Waals surface area contributed by atoms with E-state index in [1.807, 2.05) is 17.6 Å². The van der Waals surface area contributed by atoms with Gasteiger partial charge in [-0.3, -0.25) is 19.3 Å². The number of ether oxygens (including phenoxy) is 3. The van der Waals surface area contributed by atoms with Crippen LogP contribution in [0, 0.1) is 5.92 Å². The molecule has 3 aromatic rings. The van der Waals surface area contributed by atoms with Crippen LogP contribution in [0.2, 0.25) is 0 Å². The van der Waals surface area contributed by atoms with E-state index in [0.29, 0.717) is 55.0 Å². The molecule has 10 heteroatoms. The zero-order chi connectivity index (χ0) is 30.0. The van der Waals surface area contributed by atoms with Crippen molar-refractivity contribution in [3.63, 3.8) is 0 Å². The van der Waals surface area contributed by atoms with Crippen LogP contribution in [-0.2, 0) is 22.6 Å². The number of hydrogen-bond acceptors (Lipinski definition) is 9. The Morgan fingerprint density at radius 3 is 2.67 bits per heavy atom. The van der Waals surface area contributed by atoms with E-state index >= 15 is 0 Å². The molecule has 0 unspecified atom stereocenters. The van der Waals surface area contributed by atoms with E-state index in [-0.39, 0.29) is 23.7 Å². The molecule has 1 fully saturated rings. The number of benzene rings is 1. The first-order valence-corrected chi connectivity index (χ1v) is 14.0. The molecule has 1 N–H and O–H groups in total. The van der Waals surface area contributed by atoms with Gasteiger partial charge in [-0.25, -0.2) is 0 Å². The highest BCUT2D eigenvalue weighted by atomic mass is 16.5. The highest BCUT2D eigenvalue weighted by Gasteiger charge is 2.35. The second-order valence-corrected chi connectivity index (χ2v) is 11.2.